The lowest BCUT2D eigenvalue weighted by Gasteiger charge is -2.12. The topological polar surface area (TPSA) is 52.0 Å². The average molecular weight is 158 g/mol. The molecule has 0 unspecified atom stereocenters. The highest BCUT2D eigenvalue weighted by molar-refractivity contribution is 4.60. The zero-order valence-corrected chi connectivity index (χ0v) is 7.84. The van der Waals surface area contributed by atoms with Gasteiger partial charge in [0.2, 0.25) is 0 Å². The van der Waals surface area contributed by atoms with Gasteiger partial charge in [0, 0.05) is 0 Å². The first kappa shape index (κ1) is 10.9. The van der Waals surface area contributed by atoms with Crippen molar-refractivity contribution in [2.75, 3.05) is 13.1 Å². The molecule has 0 saturated heterocycles. The summed E-state index contributed by atoms with van der Waals surface area (Å²) in [5, 5.41) is 0. The minimum atomic E-state index is 0.550. The Labute approximate surface area is 70.3 Å². The maximum absolute atomic E-state index is 5.52. The largest absolute Gasteiger partial charge is 0.330 e. The van der Waals surface area contributed by atoms with Gasteiger partial charge in [-0.2, -0.15) is 0 Å². The molecule has 0 aromatic heterocycles. The van der Waals surface area contributed by atoms with Crippen molar-refractivity contribution in [1.82, 2.24) is 0 Å². The van der Waals surface area contributed by atoms with E-state index in [0.29, 0.717) is 5.92 Å². The Bertz CT molecular complexity index is 77.6. The van der Waals surface area contributed by atoms with E-state index >= 15 is 0 Å². The molecule has 0 aliphatic rings. The fourth-order valence-electron chi connectivity index (χ4n) is 1.15. The van der Waals surface area contributed by atoms with Gasteiger partial charge in [-0.3, -0.25) is 0 Å². The fraction of sp³-hybridized carbons (Fsp3) is 1.00. The van der Waals surface area contributed by atoms with Crippen LogP contribution in [0, 0.1) is 11.8 Å². The molecule has 0 amide bonds. The predicted octanol–water partition coefficient (Wildman–Crippen LogP) is 1.35. The zero-order valence-electron chi connectivity index (χ0n) is 7.84. The summed E-state index contributed by atoms with van der Waals surface area (Å²) in [6, 6.07) is 0. The monoisotopic (exact) mass is 158 g/mol. The van der Waals surface area contributed by atoms with Crippen molar-refractivity contribution in [2.45, 2.75) is 33.1 Å². The molecule has 0 atom stereocenters. The number of nitrogens with two attached hydrogens (primary N) is 2. The highest BCUT2D eigenvalue weighted by Crippen LogP contribution is 2.10. The summed E-state index contributed by atoms with van der Waals surface area (Å²) >= 11 is 0. The van der Waals surface area contributed by atoms with Gasteiger partial charge in [-0.1, -0.05) is 26.7 Å². The van der Waals surface area contributed by atoms with E-state index in [2.05, 4.69) is 13.8 Å². The SMILES string of the molecule is CC(C)CCCC(CN)CN. The zero-order chi connectivity index (χ0) is 8.69. The molecular formula is C9H22N2. The molecule has 2 nitrogen and oxygen atoms in total. The Morgan fingerprint density at radius 3 is 1.91 bits per heavy atom. The van der Waals surface area contributed by atoms with Gasteiger partial charge in [0.1, 0.15) is 0 Å². The summed E-state index contributed by atoms with van der Waals surface area (Å²) in [4.78, 5) is 0. The first-order valence-corrected chi connectivity index (χ1v) is 4.60. The van der Waals surface area contributed by atoms with E-state index in [4.69, 9.17) is 11.5 Å². The van der Waals surface area contributed by atoms with Crippen LogP contribution in [-0.4, -0.2) is 13.1 Å². The van der Waals surface area contributed by atoms with Gasteiger partial charge < -0.3 is 11.5 Å². The Hall–Kier alpha value is -0.0800. The molecule has 0 saturated carbocycles. The fourth-order valence-corrected chi connectivity index (χ4v) is 1.15. The molecule has 0 fully saturated rings. The van der Waals surface area contributed by atoms with Crippen LogP contribution in [0.1, 0.15) is 33.1 Å². The third kappa shape index (κ3) is 6.32. The smallest absolute Gasteiger partial charge is 0.00368 e. The Balaban J connectivity index is 3.21. The van der Waals surface area contributed by atoms with Gasteiger partial charge in [0.15, 0.2) is 0 Å². The summed E-state index contributed by atoms with van der Waals surface area (Å²) in [5.41, 5.74) is 11.0. The molecule has 0 bridgehead atoms. The highest BCUT2D eigenvalue weighted by atomic mass is 14.6. The van der Waals surface area contributed by atoms with Crippen LogP contribution in [0.3, 0.4) is 0 Å². The first-order valence-electron chi connectivity index (χ1n) is 4.60. The van der Waals surface area contributed by atoms with Crippen molar-refractivity contribution >= 4 is 0 Å². The average Bonchev–Trinajstić information content (AvgIpc) is 1.98. The quantitative estimate of drug-likeness (QED) is 0.613. The van der Waals surface area contributed by atoms with Crippen LogP contribution in [0.5, 0.6) is 0 Å². The van der Waals surface area contributed by atoms with Crippen LogP contribution < -0.4 is 11.5 Å². The van der Waals surface area contributed by atoms with Crippen LogP contribution in [-0.2, 0) is 0 Å². The molecule has 0 aliphatic heterocycles. The molecule has 0 rings (SSSR count). The second-order valence-corrected chi connectivity index (χ2v) is 3.66. The molecule has 0 heterocycles. The van der Waals surface area contributed by atoms with Crippen LogP contribution >= 0.6 is 0 Å². The summed E-state index contributed by atoms with van der Waals surface area (Å²) in [5.74, 6) is 1.36. The van der Waals surface area contributed by atoms with Gasteiger partial charge in [-0.25, -0.2) is 0 Å². The maximum atomic E-state index is 5.52. The summed E-state index contributed by atoms with van der Waals surface area (Å²) < 4.78 is 0. The number of hydrogen-bond donors (Lipinski definition) is 2. The minimum Gasteiger partial charge on any atom is -0.330 e. The normalized spacial score (nSPS) is 11.5. The third-order valence-corrected chi connectivity index (χ3v) is 2.06. The minimum absolute atomic E-state index is 0.550. The molecule has 0 aromatic rings. The third-order valence-electron chi connectivity index (χ3n) is 2.06. The Kier molecular flexibility index (Phi) is 6.57. The van der Waals surface area contributed by atoms with Crippen molar-refractivity contribution in [3.63, 3.8) is 0 Å². The van der Waals surface area contributed by atoms with Crippen molar-refractivity contribution in [1.29, 1.82) is 0 Å². The molecule has 2 heteroatoms. The van der Waals surface area contributed by atoms with Gasteiger partial charge in [0.25, 0.3) is 0 Å². The Morgan fingerprint density at radius 1 is 1.00 bits per heavy atom. The van der Waals surface area contributed by atoms with Crippen LogP contribution in [0.25, 0.3) is 0 Å². The summed E-state index contributed by atoms with van der Waals surface area (Å²) in [6.45, 7) is 5.99. The van der Waals surface area contributed by atoms with Crippen LogP contribution in [0.2, 0.25) is 0 Å². The van der Waals surface area contributed by atoms with E-state index in [1.54, 1.807) is 0 Å². The van der Waals surface area contributed by atoms with Crippen molar-refractivity contribution in [2.24, 2.45) is 23.3 Å². The van der Waals surface area contributed by atoms with Crippen molar-refractivity contribution in [3.05, 3.63) is 0 Å². The first-order chi connectivity index (χ1) is 5.20. The lowest BCUT2D eigenvalue weighted by molar-refractivity contribution is 0.445. The second-order valence-electron chi connectivity index (χ2n) is 3.66. The van der Waals surface area contributed by atoms with Crippen LogP contribution in [0.15, 0.2) is 0 Å². The van der Waals surface area contributed by atoms with Gasteiger partial charge in [0.05, 0.1) is 0 Å². The molecule has 0 radical (unpaired) electrons. The highest BCUT2D eigenvalue weighted by Gasteiger charge is 2.03. The predicted molar refractivity (Wildman–Crippen MR) is 50.3 cm³/mol. The molecular weight excluding hydrogens is 136 g/mol. The van der Waals surface area contributed by atoms with Crippen molar-refractivity contribution in [3.8, 4) is 0 Å². The van der Waals surface area contributed by atoms with E-state index in [1.165, 1.54) is 19.3 Å². The molecule has 4 N–H and O–H groups in total. The molecule has 0 aromatic carbocycles. The second kappa shape index (κ2) is 6.62. The molecule has 68 valence electrons. The maximum Gasteiger partial charge on any atom is -0.00368 e. The van der Waals surface area contributed by atoms with Crippen molar-refractivity contribution < 1.29 is 0 Å². The van der Waals surface area contributed by atoms with E-state index in [0.717, 1.165) is 19.0 Å². The van der Waals surface area contributed by atoms with Gasteiger partial charge in [-0.15, -0.1) is 0 Å². The summed E-state index contributed by atoms with van der Waals surface area (Å²) in [7, 11) is 0. The molecule has 0 spiro atoms. The van der Waals surface area contributed by atoms with E-state index in [1.807, 2.05) is 0 Å². The van der Waals surface area contributed by atoms with Gasteiger partial charge >= 0.3 is 0 Å². The lowest BCUT2D eigenvalue weighted by atomic mass is 9.99. The number of hydrogen-bond acceptors (Lipinski definition) is 2. The molecule has 11 heavy (non-hydrogen) atoms. The van der Waals surface area contributed by atoms with E-state index < -0.39 is 0 Å². The Morgan fingerprint density at radius 2 is 1.55 bits per heavy atom. The number of rotatable bonds is 6. The van der Waals surface area contributed by atoms with Crippen LogP contribution in [0.4, 0.5) is 0 Å². The molecule has 0 aliphatic carbocycles. The van der Waals surface area contributed by atoms with E-state index in [9.17, 15) is 0 Å². The standard InChI is InChI=1S/C9H22N2/c1-8(2)4-3-5-9(6-10)7-11/h8-9H,3-7,10-11H2,1-2H3. The summed E-state index contributed by atoms with van der Waals surface area (Å²) in [6.07, 6.45) is 3.78. The lowest BCUT2D eigenvalue weighted by Crippen LogP contribution is -2.23. The van der Waals surface area contributed by atoms with Gasteiger partial charge in [-0.05, 0) is 31.3 Å². The van der Waals surface area contributed by atoms with E-state index in [-0.39, 0.29) is 0 Å².